The number of esters is 1. The Labute approximate surface area is 144 Å². The largest absolute Gasteiger partial charge is 0.402 e. The van der Waals surface area contributed by atoms with Gasteiger partial charge in [-0.2, -0.15) is 0 Å². The number of rotatable bonds is 2. The fourth-order valence-electron chi connectivity index (χ4n) is 1.89. The van der Waals surface area contributed by atoms with Gasteiger partial charge in [-0.15, -0.1) is 0 Å². The van der Waals surface area contributed by atoms with E-state index in [2.05, 4.69) is 43.5 Å². The van der Waals surface area contributed by atoms with Crippen LogP contribution in [0.1, 0.15) is 11.1 Å². The van der Waals surface area contributed by atoms with E-state index in [0.717, 1.165) is 19.2 Å². The van der Waals surface area contributed by atoms with Crippen molar-refractivity contribution >= 4 is 56.5 Å². The van der Waals surface area contributed by atoms with Crippen molar-refractivity contribution in [1.82, 2.24) is 0 Å². The number of hydrogen-bond acceptors (Lipinski definition) is 3. The predicted molar refractivity (Wildman–Crippen MR) is 93.9 cm³/mol. The number of hydrogen-bond donors (Lipinski definition) is 0. The fraction of sp³-hybridized carbons (Fsp3) is 0. The Bertz CT molecular complexity index is 783. The van der Waals surface area contributed by atoms with Gasteiger partial charge in [0.15, 0.2) is 5.70 Å². The normalized spacial score (nSPS) is 16.0. The number of carbonyl (C=O) groups excluding carboxylic acids is 1. The Hall–Kier alpha value is -1.47. The standard InChI is InChI=1S/C16H9BrINO2/c17-13-7-2-1-4-10(13)9-14-16(20)21-15(19-14)11-5-3-6-12(18)8-11/h1-9H/b14-9-. The van der Waals surface area contributed by atoms with Crippen molar-refractivity contribution in [3.63, 3.8) is 0 Å². The number of cyclic esters (lactones) is 1. The van der Waals surface area contributed by atoms with Gasteiger partial charge in [0.2, 0.25) is 5.90 Å². The molecule has 0 saturated carbocycles. The van der Waals surface area contributed by atoms with Crippen LogP contribution < -0.4 is 0 Å². The van der Waals surface area contributed by atoms with Crippen molar-refractivity contribution < 1.29 is 9.53 Å². The molecule has 5 heteroatoms. The van der Waals surface area contributed by atoms with E-state index < -0.39 is 5.97 Å². The molecular formula is C16H9BrINO2. The highest BCUT2D eigenvalue weighted by Gasteiger charge is 2.24. The minimum Gasteiger partial charge on any atom is -0.402 e. The van der Waals surface area contributed by atoms with Crippen molar-refractivity contribution in [2.75, 3.05) is 0 Å². The summed E-state index contributed by atoms with van der Waals surface area (Å²) in [5, 5.41) is 0. The molecule has 0 amide bonds. The first-order valence-electron chi connectivity index (χ1n) is 6.16. The average Bonchev–Trinajstić information content (AvgIpc) is 2.83. The summed E-state index contributed by atoms with van der Waals surface area (Å²) in [6.45, 7) is 0. The summed E-state index contributed by atoms with van der Waals surface area (Å²) in [7, 11) is 0. The molecule has 1 aliphatic heterocycles. The number of nitrogens with zero attached hydrogens (tertiary/aromatic N) is 1. The first-order valence-corrected chi connectivity index (χ1v) is 8.04. The molecule has 0 fully saturated rings. The number of ether oxygens (including phenoxy) is 1. The number of aliphatic imine (C=N–C) groups is 1. The summed E-state index contributed by atoms with van der Waals surface area (Å²) in [6, 6.07) is 15.3. The van der Waals surface area contributed by atoms with Crippen LogP contribution in [0.15, 0.2) is 63.7 Å². The second-order valence-corrected chi connectivity index (χ2v) is 6.47. The third kappa shape index (κ3) is 3.24. The second-order valence-electron chi connectivity index (χ2n) is 4.37. The molecule has 0 spiro atoms. The van der Waals surface area contributed by atoms with E-state index in [4.69, 9.17) is 4.74 Å². The van der Waals surface area contributed by atoms with E-state index >= 15 is 0 Å². The van der Waals surface area contributed by atoms with Crippen LogP contribution in [0, 0.1) is 3.57 Å². The van der Waals surface area contributed by atoms with Gasteiger partial charge in [-0.25, -0.2) is 9.79 Å². The summed E-state index contributed by atoms with van der Waals surface area (Å²) in [6.07, 6.45) is 1.72. The van der Waals surface area contributed by atoms with Gasteiger partial charge < -0.3 is 4.74 Å². The van der Waals surface area contributed by atoms with E-state index in [1.807, 2.05) is 48.5 Å². The lowest BCUT2D eigenvalue weighted by molar-refractivity contribution is -0.129. The molecule has 0 atom stereocenters. The molecule has 2 aromatic carbocycles. The average molecular weight is 454 g/mol. The predicted octanol–water partition coefficient (Wildman–Crippen LogP) is 4.40. The van der Waals surface area contributed by atoms with Gasteiger partial charge >= 0.3 is 5.97 Å². The van der Waals surface area contributed by atoms with Gasteiger partial charge in [0.1, 0.15) is 0 Å². The monoisotopic (exact) mass is 453 g/mol. The quantitative estimate of drug-likeness (QED) is 0.384. The molecule has 3 nitrogen and oxygen atoms in total. The highest BCUT2D eigenvalue weighted by molar-refractivity contribution is 14.1. The van der Waals surface area contributed by atoms with Gasteiger partial charge in [0.05, 0.1) is 0 Å². The van der Waals surface area contributed by atoms with Crippen LogP contribution in [-0.4, -0.2) is 11.9 Å². The molecular weight excluding hydrogens is 445 g/mol. The minimum atomic E-state index is -0.431. The summed E-state index contributed by atoms with van der Waals surface area (Å²) in [5.41, 5.74) is 1.98. The topological polar surface area (TPSA) is 38.7 Å². The van der Waals surface area contributed by atoms with Crippen LogP contribution in [0.5, 0.6) is 0 Å². The molecule has 2 aromatic rings. The molecule has 0 unspecified atom stereocenters. The lowest BCUT2D eigenvalue weighted by Crippen LogP contribution is -2.05. The fourth-order valence-corrected chi connectivity index (χ4v) is 2.84. The van der Waals surface area contributed by atoms with E-state index in [9.17, 15) is 4.79 Å². The summed E-state index contributed by atoms with van der Waals surface area (Å²) >= 11 is 5.66. The number of benzene rings is 2. The van der Waals surface area contributed by atoms with Crippen molar-refractivity contribution in [3.8, 4) is 0 Å². The van der Waals surface area contributed by atoms with Crippen molar-refractivity contribution in [3.05, 3.63) is 73.4 Å². The molecule has 0 aliphatic carbocycles. The molecule has 104 valence electrons. The minimum absolute atomic E-state index is 0.302. The highest BCUT2D eigenvalue weighted by Crippen LogP contribution is 2.23. The zero-order valence-corrected chi connectivity index (χ0v) is 14.5. The molecule has 0 saturated heterocycles. The van der Waals surface area contributed by atoms with Crippen molar-refractivity contribution in [1.29, 1.82) is 0 Å². The molecule has 1 aliphatic rings. The van der Waals surface area contributed by atoms with Crippen LogP contribution in [0.4, 0.5) is 0 Å². The Balaban J connectivity index is 1.98. The van der Waals surface area contributed by atoms with E-state index in [1.165, 1.54) is 0 Å². The van der Waals surface area contributed by atoms with Crippen LogP contribution in [0.3, 0.4) is 0 Å². The lowest BCUT2D eigenvalue weighted by Gasteiger charge is -1.99. The molecule has 0 aromatic heterocycles. The maximum Gasteiger partial charge on any atom is 0.363 e. The maximum atomic E-state index is 11.9. The second kappa shape index (κ2) is 6.11. The smallest absolute Gasteiger partial charge is 0.363 e. The van der Waals surface area contributed by atoms with E-state index in [1.54, 1.807) is 6.08 Å². The van der Waals surface area contributed by atoms with Crippen LogP contribution in [0.25, 0.3) is 6.08 Å². The van der Waals surface area contributed by atoms with Crippen molar-refractivity contribution in [2.24, 2.45) is 4.99 Å². The Kier molecular flexibility index (Phi) is 4.21. The zero-order valence-electron chi connectivity index (χ0n) is 10.7. The lowest BCUT2D eigenvalue weighted by atomic mass is 10.2. The summed E-state index contributed by atoms with van der Waals surface area (Å²) in [5.74, 6) is -0.0866. The first-order chi connectivity index (χ1) is 10.1. The maximum absolute atomic E-state index is 11.9. The van der Waals surface area contributed by atoms with Gasteiger partial charge in [-0.1, -0.05) is 40.2 Å². The van der Waals surface area contributed by atoms with E-state index in [-0.39, 0.29) is 0 Å². The van der Waals surface area contributed by atoms with Gasteiger partial charge in [-0.05, 0) is 58.5 Å². The van der Waals surface area contributed by atoms with Gasteiger partial charge in [0, 0.05) is 13.6 Å². The molecule has 0 radical (unpaired) electrons. The first kappa shape index (κ1) is 14.5. The Morgan fingerprint density at radius 2 is 1.95 bits per heavy atom. The summed E-state index contributed by atoms with van der Waals surface area (Å²) < 4.78 is 7.22. The molecule has 0 N–H and O–H groups in total. The SMILES string of the molecule is O=C1OC(c2cccc(I)c2)=N/C1=C\c1ccccc1Br. The zero-order chi connectivity index (χ0) is 14.8. The van der Waals surface area contributed by atoms with Crippen molar-refractivity contribution in [2.45, 2.75) is 0 Å². The Morgan fingerprint density at radius 1 is 1.14 bits per heavy atom. The van der Waals surface area contributed by atoms with E-state index in [0.29, 0.717) is 11.6 Å². The molecule has 3 rings (SSSR count). The van der Waals surface area contributed by atoms with Gasteiger partial charge in [-0.3, -0.25) is 0 Å². The number of carbonyl (C=O) groups is 1. The molecule has 1 heterocycles. The van der Waals surface area contributed by atoms with Gasteiger partial charge in [0.25, 0.3) is 0 Å². The highest BCUT2D eigenvalue weighted by atomic mass is 127. The molecule has 21 heavy (non-hydrogen) atoms. The Morgan fingerprint density at radius 3 is 2.71 bits per heavy atom. The molecule has 0 bridgehead atoms. The summed E-state index contributed by atoms with van der Waals surface area (Å²) in [4.78, 5) is 16.2. The number of halogens is 2. The van der Waals surface area contributed by atoms with Crippen LogP contribution in [-0.2, 0) is 9.53 Å². The third-order valence-corrected chi connectivity index (χ3v) is 4.28. The third-order valence-electron chi connectivity index (χ3n) is 2.89. The van der Waals surface area contributed by atoms with Crippen LogP contribution in [0.2, 0.25) is 0 Å². The van der Waals surface area contributed by atoms with Crippen LogP contribution >= 0.6 is 38.5 Å².